The Morgan fingerprint density at radius 1 is 1.07 bits per heavy atom. The van der Waals surface area contributed by atoms with Crippen molar-refractivity contribution in [2.75, 3.05) is 26.2 Å². The van der Waals surface area contributed by atoms with Crippen molar-refractivity contribution < 1.29 is 14.4 Å². The lowest BCUT2D eigenvalue weighted by Gasteiger charge is -2.28. The van der Waals surface area contributed by atoms with E-state index in [-0.39, 0.29) is 42.1 Å². The zero-order valence-corrected chi connectivity index (χ0v) is 17.4. The Morgan fingerprint density at radius 2 is 1.72 bits per heavy atom. The molecule has 3 unspecified atom stereocenters. The van der Waals surface area contributed by atoms with Gasteiger partial charge in [-0.15, -0.1) is 0 Å². The Morgan fingerprint density at radius 3 is 2.34 bits per heavy atom. The summed E-state index contributed by atoms with van der Waals surface area (Å²) in [6.45, 7) is 2.23. The second-order valence-corrected chi connectivity index (χ2v) is 8.81. The van der Waals surface area contributed by atoms with E-state index >= 15 is 0 Å². The van der Waals surface area contributed by atoms with Gasteiger partial charge in [0.1, 0.15) is 6.54 Å². The average Bonchev–Trinajstić information content (AvgIpc) is 3.32. The Balaban J connectivity index is 1.39. The molecule has 1 aromatic rings. The lowest BCUT2D eigenvalue weighted by Crippen LogP contribution is -2.43. The van der Waals surface area contributed by atoms with Gasteiger partial charge in [-0.2, -0.15) is 0 Å². The zero-order chi connectivity index (χ0) is 20.4. The van der Waals surface area contributed by atoms with Crippen molar-refractivity contribution in [2.45, 2.75) is 44.6 Å². The summed E-state index contributed by atoms with van der Waals surface area (Å²) in [4.78, 5) is 41.3. The van der Waals surface area contributed by atoms with Gasteiger partial charge in [0.2, 0.25) is 17.7 Å². The minimum atomic E-state index is -0.281. The minimum Gasteiger partial charge on any atom is -0.353 e. The van der Waals surface area contributed by atoms with Crippen LogP contribution in [0.2, 0.25) is 5.02 Å². The minimum absolute atomic E-state index is 0.0349. The average molecular weight is 418 g/mol. The van der Waals surface area contributed by atoms with E-state index in [0.29, 0.717) is 11.6 Å². The molecule has 1 aliphatic carbocycles. The molecule has 4 rings (SSSR count). The van der Waals surface area contributed by atoms with Gasteiger partial charge in [-0.1, -0.05) is 36.6 Å². The summed E-state index contributed by atoms with van der Waals surface area (Å²) in [5, 5.41) is 3.63. The summed E-state index contributed by atoms with van der Waals surface area (Å²) in [6, 6.07) is 7.77. The summed E-state index contributed by atoms with van der Waals surface area (Å²) in [7, 11) is 0. The summed E-state index contributed by atoms with van der Waals surface area (Å²) in [5.74, 6) is -1.04. The number of fused-ring (bicyclic) bond motifs is 1. The SMILES string of the molecule is O=C(CN1C(=O)C2CCCCC2C1=O)NCC(c1cccc(Cl)c1)N1CCCC1. The first-order valence-corrected chi connectivity index (χ1v) is 11.0. The van der Waals surface area contributed by atoms with Crippen molar-refractivity contribution in [1.82, 2.24) is 15.1 Å². The molecule has 2 heterocycles. The third kappa shape index (κ3) is 4.33. The topological polar surface area (TPSA) is 69.7 Å². The van der Waals surface area contributed by atoms with Gasteiger partial charge in [0.25, 0.3) is 0 Å². The van der Waals surface area contributed by atoms with Crippen LogP contribution < -0.4 is 5.32 Å². The molecule has 2 aliphatic heterocycles. The Labute approximate surface area is 176 Å². The van der Waals surface area contributed by atoms with E-state index in [1.54, 1.807) is 0 Å². The van der Waals surface area contributed by atoms with Gasteiger partial charge in [0.15, 0.2) is 0 Å². The predicted molar refractivity (Wildman–Crippen MR) is 110 cm³/mol. The number of hydrogen-bond acceptors (Lipinski definition) is 4. The first-order valence-electron chi connectivity index (χ1n) is 10.7. The number of nitrogens with one attached hydrogen (secondary N) is 1. The molecule has 3 aliphatic rings. The van der Waals surface area contributed by atoms with Crippen LogP contribution >= 0.6 is 11.6 Å². The van der Waals surface area contributed by atoms with Crippen molar-refractivity contribution in [3.8, 4) is 0 Å². The molecular formula is C22H28ClN3O3. The van der Waals surface area contributed by atoms with Crippen LogP contribution in [0.25, 0.3) is 0 Å². The van der Waals surface area contributed by atoms with Crippen LogP contribution in [0.5, 0.6) is 0 Å². The van der Waals surface area contributed by atoms with E-state index in [1.807, 2.05) is 24.3 Å². The van der Waals surface area contributed by atoms with Gasteiger partial charge in [0.05, 0.1) is 17.9 Å². The predicted octanol–water partition coefficient (Wildman–Crippen LogP) is 2.77. The summed E-state index contributed by atoms with van der Waals surface area (Å²) >= 11 is 6.18. The van der Waals surface area contributed by atoms with E-state index in [0.717, 1.165) is 57.2 Å². The van der Waals surface area contributed by atoms with Gasteiger partial charge in [0, 0.05) is 11.6 Å². The standard InChI is InChI=1S/C22H28ClN3O3/c23-16-7-5-6-15(12-16)19(25-10-3-4-11-25)13-24-20(27)14-26-21(28)17-8-1-2-9-18(17)22(26)29/h5-7,12,17-19H,1-4,8-11,13-14H2,(H,24,27). The number of nitrogens with zero attached hydrogens (tertiary/aromatic N) is 2. The first kappa shape index (κ1) is 20.4. The molecule has 3 fully saturated rings. The lowest BCUT2D eigenvalue weighted by molar-refractivity contribution is -0.143. The van der Waals surface area contributed by atoms with E-state index in [1.165, 1.54) is 4.90 Å². The van der Waals surface area contributed by atoms with Crippen LogP contribution in [0, 0.1) is 11.8 Å². The van der Waals surface area contributed by atoms with Crippen molar-refractivity contribution in [3.63, 3.8) is 0 Å². The van der Waals surface area contributed by atoms with Crippen LogP contribution in [0.4, 0.5) is 0 Å². The fraction of sp³-hybridized carbons (Fsp3) is 0.591. The van der Waals surface area contributed by atoms with Crippen molar-refractivity contribution in [3.05, 3.63) is 34.9 Å². The molecule has 0 aromatic heterocycles. The van der Waals surface area contributed by atoms with E-state index in [2.05, 4.69) is 10.2 Å². The lowest BCUT2D eigenvalue weighted by atomic mass is 9.81. The maximum absolute atomic E-state index is 12.6. The zero-order valence-electron chi connectivity index (χ0n) is 16.6. The van der Waals surface area contributed by atoms with Gasteiger partial charge in [-0.3, -0.25) is 24.2 Å². The van der Waals surface area contributed by atoms with Gasteiger partial charge < -0.3 is 5.32 Å². The molecule has 156 valence electrons. The molecule has 7 heteroatoms. The Hall–Kier alpha value is -1.92. The molecular weight excluding hydrogens is 390 g/mol. The molecule has 2 saturated heterocycles. The third-order valence-electron chi connectivity index (χ3n) is 6.54. The fourth-order valence-electron chi connectivity index (χ4n) is 5.02. The molecule has 0 spiro atoms. The largest absolute Gasteiger partial charge is 0.353 e. The number of amides is 3. The van der Waals surface area contributed by atoms with Gasteiger partial charge in [-0.05, 0) is 56.5 Å². The van der Waals surface area contributed by atoms with Crippen LogP contribution in [0.15, 0.2) is 24.3 Å². The molecule has 3 atom stereocenters. The highest BCUT2D eigenvalue weighted by Gasteiger charge is 2.48. The second-order valence-electron chi connectivity index (χ2n) is 8.38. The summed E-state index contributed by atoms with van der Waals surface area (Å²) in [6.07, 6.45) is 5.78. The van der Waals surface area contributed by atoms with Crippen LogP contribution in [-0.2, 0) is 14.4 Å². The first-order chi connectivity index (χ1) is 14.0. The Kier molecular flexibility index (Phi) is 6.20. The smallest absolute Gasteiger partial charge is 0.240 e. The molecule has 29 heavy (non-hydrogen) atoms. The molecule has 0 radical (unpaired) electrons. The maximum Gasteiger partial charge on any atom is 0.240 e. The van der Waals surface area contributed by atoms with Crippen molar-refractivity contribution >= 4 is 29.3 Å². The summed E-state index contributed by atoms with van der Waals surface area (Å²) < 4.78 is 0. The third-order valence-corrected chi connectivity index (χ3v) is 6.78. The second kappa shape index (κ2) is 8.84. The number of rotatable bonds is 6. The quantitative estimate of drug-likeness (QED) is 0.722. The van der Waals surface area contributed by atoms with Crippen LogP contribution in [-0.4, -0.2) is 53.7 Å². The molecule has 1 N–H and O–H groups in total. The molecule has 1 saturated carbocycles. The van der Waals surface area contributed by atoms with Crippen LogP contribution in [0.3, 0.4) is 0 Å². The normalized spacial score (nSPS) is 25.9. The molecule has 3 amide bonds. The van der Waals surface area contributed by atoms with E-state index in [4.69, 9.17) is 11.6 Å². The van der Waals surface area contributed by atoms with Gasteiger partial charge >= 0.3 is 0 Å². The number of halogens is 1. The number of carbonyl (C=O) groups excluding carboxylic acids is 3. The number of hydrogen-bond donors (Lipinski definition) is 1. The summed E-state index contributed by atoms with van der Waals surface area (Å²) in [5.41, 5.74) is 1.07. The number of imide groups is 1. The fourth-order valence-corrected chi connectivity index (χ4v) is 5.22. The van der Waals surface area contributed by atoms with Crippen molar-refractivity contribution in [2.24, 2.45) is 11.8 Å². The monoisotopic (exact) mass is 417 g/mol. The van der Waals surface area contributed by atoms with Gasteiger partial charge in [-0.25, -0.2) is 0 Å². The highest BCUT2D eigenvalue weighted by molar-refractivity contribution is 6.30. The highest BCUT2D eigenvalue weighted by Crippen LogP contribution is 2.37. The highest BCUT2D eigenvalue weighted by atomic mass is 35.5. The van der Waals surface area contributed by atoms with Crippen LogP contribution in [0.1, 0.15) is 50.1 Å². The number of likely N-dealkylation sites (tertiary alicyclic amines) is 2. The molecule has 0 bridgehead atoms. The Bertz CT molecular complexity index is 769. The number of carbonyl (C=O) groups is 3. The maximum atomic E-state index is 12.6. The molecule has 1 aromatic carbocycles. The molecule has 6 nitrogen and oxygen atoms in total. The number of benzene rings is 1. The van der Waals surface area contributed by atoms with E-state index < -0.39 is 0 Å². The van der Waals surface area contributed by atoms with E-state index in [9.17, 15) is 14.4 Å². The van der Waals surface area contributed by atoms with Crippen molar-refractivity contribution in [1.29, 1.82) is 0 Å².